The Labute approximate surface area is 136 Å². The Morgan fingerprint density at radius 3 is 2.35 bits per heavy atom. The highest BCUT2D eigenvalue weighted by Gasteiger charge is 2.29. The first kappa shape index (κ1) is 15.9. The molecule has 2 aromatic rings. The highest BCUT2D eigenvalue weighted by Crippen LogP contribution is 2.20. The molecule has 122 valence electrons. The molecule has 1 fully saturated rings. The van der Waals surface area contributed by atoms with Crippen LogP contribution in [0.4, 0.5) is 0 Å². The summed E-state index contributed by atoms with van der Waals surface area (Å²) in [5.74, 6) is 0.0428. The number of sulfonamides is 1. The number of benzene rings is 1. The van der Waals surface area contributed by atoms with Gasteiger partial charge < -0.3 is 4.74 Å². The molecular formula is C16H19N3O3S. The van der Waals surface area contributed by atoms with Gasteiger partial charge in [-0.2, -0.15) is 0 Å². The van der Waals surface area contributed by atoms with Crippen molar-refractivity contribution >= 4 is 10.0 Å². The number of hydrogen-bond donors (Lipinski definition) is 0. The molecule has 6 nitrogen and oxygen atoms in total. The van der Waals surface area contributed by atoms with Crippen LogP contribution in [0, 0.1) is 0 Å². The summed E-state index contributed by atoms with van der Waals surface area (Å²) < 4.78 is 32.2. The fraction of sp³-hybridized carbons (Fsp3) is 0.375. The zero-order chi connectivity index (χ0) is 16.1. The lowest BCUT2D eigenvalue weighted by atomic mass is 10.1. The third kappa shape index (κ3) is 4.27. The maximum absolute atomic E-state index is 12.5. The van der Waals surface area contributed by atoms with E-state index in [9.17, 15) is 8.42 Å². The molecule has 2 heterocycles. The van der Waals surface area contributed by atoms with Crippen molar-refractivity contribution in [2.45, 2.75) is 24.7 Å². The van der Waals surface area contributed by atoms with Gasteiger partial charge in [-0.05, 0) is 24.5 Å². The van der Waals surface area contributed by atoms with Crippen LogP contribution in [0.3, 0.4) is 0 Å². The van der Waals surface area contributed by atoms with E-state index in [-0.39, 0.29) is 11.9 Å². The number of rotatable bonds is 5. The molecule has 1 aliphatic rings. The standard InChI is InChI=1S/C16H19N3O3S/c20-23(21,13-14-5-2-1-3-6-14)19-11-7-15(8-12-19)22-16-17-9-4-10-18-16/h1-6,9-10,15H,7-8,11-13H2. The van der Waals surface area contributed by atoms with Crippen LogP contribution in [0.25, 0.3) is 0 Å². The van der Waals surface area contributed by atoms with E-state index in [0.717, 1.165) is 5.56 Å². The van der Waals surface area contributed by atoms with Crippen molar-refractivity contribution in [3.05, 3.63) is 54.4 Å². The van der Waals surface area contributed by atoms with Crippen molar-refractivity contribution < 1.29 is 13.2 Å². The number of aromatic nitrogens is 2. The summed E-state index contributed by atoms with van der Waals surface area (Å²) in [4.78, 5) is 8.06. The monoisotopic (exact) mass is 333 g/mol. The summed E-state index contributed by atoms with van der Waals surface area (Å²) >= 11 is 0. The van der Waals surface area contributed by atoms with Gasteiger partial charge in [-0.25, -0.2) is 22.7 Å². The second-order valence-electron chi connectivity index (χ2n) is 5.49. The topological polar surface area (TPSA) is 72.4 Å². The zero-order valence-corrected chi connectivity index (χ0v) is 13.5. The Morgan fingerprint density at radius 1 is 1.04 bits per heavy atom. The third-order valence-corrected chi connectivity index (χ3v) is 5.65. The molecule has 1 aromatic heterocycles. The minimum atomic E-state index is -3.29. The average molecular weight is 333 g/mol. The van der Waals surface area contributed by atoms with Crippen LogP contribution >= 0.6 is 0 Å². The number of piperidine rings is 1. The van der Waals surface area contributed by atoms with Gasteiger partial charge in [0.2, 0.25) is 10.0 Å². The summed E-state index contributed by atoms with van der Waals surface area (Å²) in [6.45, 7) is 0.930. The zero-order valence-electron chi connectivity index (χ0n) is 12.7. The molecule has 0 N–H and O–H groups in total. The second-order valence-corrected chi connectivity index (χ2v) is 7.46. The first-order valence-electron chi connectivity index (χ1n) is 7.59. The number of ether oxygens (including phenoxy) is 1. The molecule has 1 aliphatic heterocycles. The van der Waals surface area contributed by atoms with E-state index in [4.69, 9.17) is 4.74 Å². The van der Waals surface area contributed by atoms with Gasteiger partial charge in [0.25, 0.3) is 0 Å². The van der Waals surface area contributed by atoms with Crippen molar-refractivity contribution in [2.24, 2.45) is 0 Å². The summed E-state index contributed by atoms with van der Waals surface area (Å²) in [6, 6.07) is 11.3. The Morgan fingerprint density at radius 2 is 1.70 bits per heavy atom. The fourth-order valence-corrected chi connectivity index (χ4v) is 4.16. The van der Waals surface area contributed by atoms with E-state index >= 15 is 0 Å². The van der Waals surface area contributed by atoms with Crippen molar-refractivity contribution in [1.29, 1.82) is 0 Å². The fourth-order valence-electron chi connectivity index (χ4n) is 2.60. The highest BCUT2D eigenvalue weighted by molar-refractivity contribution is 7.88. The summed E-state index contributed by atoms with van der Waals surface area (Å²) in [5.41, 5.74) is 0.809. The van der Waals surface area contributed by atoms with Gasteiger partial charge in [-0.1, -0.05) is 30.3 Å². The minimum Gasteiger partial charge on any atom is -0.460 e. The molecule has 23 heavy (non-hydrogen) atoms. The van der Waals surface area contributed by atoms with Crippen molar-refractivity contribution in [2.75, 3.05) is 13.1 Å². The van der Waals surface area contributed by atoms with Crippen molar-refractivity contribution in [3.63, 3.8) is 0 Å². The van der Waals surface area contributed by atoms with E-state index in [1.54, 1.807) is 22.8 Å². The molecule has 0 atom stereocenters. The van der Waals surface area contributed by atoms with Gasteiger partial charge in [-0.3, -0.25) is 0 Å². The summed E-state index contributed by atoms with van der Waals surface area (Å²) in [6.07, 6.45) is 4.50. The van der Waals surface area contributed by atoms with E-state index in [1.165, 1.54) is 0 Å². The molecule has 0 amide bonds. The summed E-state index contributed by atoms with van der Waals surface area (Å²) in [5, 5.41) is 0. The average Bonchev–Trinajstić information content (AvgIpc) is 2.57. The Bertz CT molecular complexity index is 715. The first-order chi connectivity index (χ1) is 11.1. The summed E-state index contributed by atoms with van der Waals surface area (Å²) in [7, 11) is -3.29. The van der Waals surface area contributed by atoms with E-state index in [1.807, 2.05) is 30.3 Å². The van der Waals surface area contributed by atoms with Crippen LogP contribution in [0.5, 0.6) is 6.01 Å². The van der Waals surface area contributed by atoms with Crippen LogP contribution in [-0.2, 0) is 15.8 Å². The van der Waals surface area contributed by atoms with Gasteiger partial charge in [0, 0.05) is 25.5 Å². The number of hydrogen-bond acceptors (Lipinski definition) is 5. The lowest BCUT2D eigenvalue weighted by Crippen LogP contribution is -2.42. The van der Waals surface area contributed by atoms with Gasteiger partial charge in [0.05, 0.1) is 5.75 Å². The molecule has 1 saturated heterocycles. The lowest BCUT2D eigenvalue weighted by Gasteiger charge is -2.30. The molecular weight excluding hydrogens is 314 g/mol. The molecule has 3 rings (SSSR count). The van der Waals surface area contributed by atoms with Crippen LogP contribution in [-0.4, -0.2) is 41.9 Å². The maximum atomic E-state index is 12.5. The highest BCUT2D eigenvalue weighted by atomic mass is 32.2. The largest absolute Gasteiger partial charge is 0.460 e. The Balaban J connectivity index is 1.56. The second kappa shape index (κ2) is 7.06. The maximum Gasteiger partial charge on any atom is 0.316 e. The van der Waals surface area contributed by atoms with Crippen molar-refractivity contribution in [1.82, 2.24) is 14.3 Å². The molecule has 0 aliphatic carbocycles. The van der Waals surface area contributed by atoms with Gasteiger partial charge in [0.1, 0.15) is 6.10 Å². The lowest BCUT2D eigenvalue weighted by molar-refractivity contribution is 0.124. The normalized spacial score (nSPS) is 17.0. The molecule has 0 saturated carbocycles. The van der Waals surface area contributed by atoms with Crippen LogP contribution in [0.15, 0.2) is 48.8 Å². The molecule has 7 heteroatoms. The molecule has 1 aromatic carbocycles. The Hall–Kier alpha value is -1.99. The third-order valence-electron chi connectivity index (χ3n) is 3.80. The SMILES string of the molecule is O=S(=O)(Cc1ccccc1)N1CCC(Oc2ncccn2)CC1. The Kier molecular flexibility index (Phi) is 4.88. The quantitative estimate of drug-likeness (QED) is 0.835. The van der Waals surface area contributed by atoms with Crippen LogP contribution in [0.1, 0.15) is 18.4 Å². The van der Waals surface area contributed by atoms with Crippen LogP contribution < -0.4 is 4.74 Å². The predicted octanol–water partition coefficient (Wildman–Crippen LogP) is 1.85. The van der Waals surface area contributed by atoms with Gasteiger partial charge in [-0.15, -0.1) is 0 Å². The molecule has 0 radical (unpaired) electrons. The van der Waals surface area contributed by atoms with E-state index in [0.29, 0.717) is 31.9 Å². The smallest absolute Gasteiger partial charge is 0.316 e. The number of nitrogens with zero attached hydrogens (tertiary/aromatic N) is 3. The van der Waals surface area contributed by atoms with E-state index < -0.39 is 10.0 Å². The first-order valence-corrected chi connectivity index (χ1v) is 9.20. The molecule has 0 spiro atoms. The van der Waals surface area contributed by atoms with Gasteiger partial charge in [0.15, 0.2) is 0 Å². The minimum absolute atomic E-state index is 0.0411. The van der Waals surface area contributed by atoms with Crippen LogP contribution in [0.2, 0.25) is 0 Å². The molecule has 0 unspecified atom stereocenters. The predicted molar refractivity (Wildman–Crippen MR) is 86.3 cm³/mol. The molecule has 0 bridgehead atoms. The van der Waals surface area contributed by atoms with E-state index in [2.05, 4.69) is 9.97 Å². The van der Waals surface area contributed by atoms with Crippen molar-refractivity contribution in [3.8, 4) is 6.01 Å². The van der Waals surface area contributed by atoms with Gasteiger partial charge >= 0.3 is 6.01 Å².